The maximum atomic E-state index is 15.1. The van der Waals surface area contributed by atoms with E-state index in [4.69, 9.17) is 19.2 Å². The molecule has 1 atom stereocenters. The predicted molar refractivity (Wildman–Crippen MR) is 136 cm³/mol. The number of alkyl carbamates (subject to hydrolysis) is 1. The molecule has 8 nitrogen and oxygen atoms in total. The third-order valence-corrected chi connectivity index (χ3v) is 7.11. The Morgan fingerprint density at radius 2 is 2.08 bits per heavy atom. The number of carbonyl (C=O) groups excluding carboxylic acids is 1. The van der Waals surface area contributed by atoms with E-state index in [9.17, 15) is 4.79 Å². The van der Waals surface area contributed by atoms with Gasteiger partial charge in [0.05, 0.1) is 47.7 Å². The monoisotopic (exact) mass is 510 g/mol. The molecule has 1 amide bonds. The topological polar surface area (TPSA) is 95.5 Å². The van der Waals surface area contributed by atoms with Crippen LogP contribution in [0.5, 0.6) is 11.6 Å². The average Bonchev–Trinajstić information content (AvgIpc) is 3.42. The number of ether oxygens (including phenoxy) is 3. The molecule has 1 N–H and O–H groups in total. The molecule has 36 heavy (non-hydrogen) atoms. The minimum atomic E-state index is -0.809. The van der Waals surface area contributed by atoms with Crippen molar-refractivity contribution in [3.63, 3.8) is 0 Å². The van der Waals surface area contributed by atoms with Gasteiger partial charge in [-0.2, -0.15) is 0 Å². The molecule has 3 heterocycles. The van der Waals surface area contributed by atoms with E-state index in [-0.39, 0.29) is 18.2 Å². The molecule has 10 heteroatoms. The van der Waals surface area contributed by atoms with E-state index in [1.165, 1.54) is 17.4 Å². The molecule has 0 saturated heterocycles. The van der Waals surface area contributed by atoms with E-state index in [1.807, 2.05) is 39.8 Å². The van der Waals surface area contributed by atoms with Crippen molar-refractivity contribution in [2.45, 2.75) is 39.7 Å². The van der Waals surface area contributed by atoms with Crippen LogP contribution < -0.4 is 14.8 Å². The molecule has 1 unspecified atom stereocenters. The fourth-order valence-electron chi connectivity index (χ4n) is 4.28. The van der Waals surface area contributed by atoms with Gasteiger partial charge in [0.2, 0.25) is 5.88 Å². The highest BCUT2D eigenvalue weighted by Crippen LogP contribution is 2.45. The van der Waals surface area contributed by atoms with Crippen LogP contribution in [0.15, 0.2) is 24.4 Å². The standard InChI is InChI=1S/C26H27FN4O4S/c1-13(2)11-34-25(32)29-12-26(4)9-16-22(35-26)17(27)8-19-23(16)36-24(31-19)15-6-14(3)7-18-21(15)28-10-20(30-18)33-5/h6-8,10,13H,9,11-12H2,1-5H3,(H,29,32). The number of hydrogen-bond acceptors (Lipinski definition) is 8. The lowest BCUT2D eigenvalue weighted by molar-refractivity contribution is 0.0948. The maximum Gasteiger partial charge on any atom is 0.407 e. The zero-order valence-electron chi connectivity index (χ0n) is 20.8. The molecule has 0 radical (unpaired) electrons. The van der Waals surface area contributed by atoms with Crippen molar-refractivity contribution in [2.75, 3.05) is 20.3 Å². The third-order valence-electron chi connectivity index (χ3n) is 5.94. The van der Waals surface area contributed by atoms with Gasteiger partial charge in [-0.15, -0.1) is 11.3 Å². The first-order valence-corrected chi connectivity index (χ1v) is 12.5. The van der Waals surface area contributed by atoms with E-state index in [0.717, 1.165) is 26.4 Å². The van der Waals surface area contributed by atoms with Gasteiger partial charge in [-0.05, 0) is 37.5 Å². The van der Waals surface area contributed by atoms with E-state index >= 15 is 4.39 Å². The van der Waals surface area contributed by atoms with Crippen LogP contribution in [0, 0.1) is 18.7 Å². The molecule has 0 spiro atoms. The fraction of sp³-hybridized carbons (Fsp3) is 0.385. The van der Waals surface area contributed by atoms with Gasteiger partial charge in [-0.1, -0.05) is 13.8 Å². The van der Waals surface area contributed by atoms with Gasteiger partial charge in [-0.3, -0.25) is 0 Å². The fourth-order valence-corrected chi connectivity index (χ4v) is 5.38. The second-order valence-corrected chi connectivity index (χ2v) is 10.7. The summed E-state index contributed by atoms with van der Waals surface area (Å²) in [5, 5.41) is 3.46. The summed E-state index contributed by atoms with van der Waals surface area (Å²) in [7, 11) is 1.55. The van der Waals surface area contributed by atoms with Crippen molar-refractivity contribution >= 4 is 38.7 Å². The van der Waals surface area contributed by atoms with Crippen LogP contribution in [0.25, 0.3) is 31.8 Å². The van der Waals surface area contributed by atoms with Crippen molar-refractivity contribution in [1.29, 1.82) is 0 Å². The first-order chi connectivity index (χ1) is 17.2. The van der Waals surface area contributed by atoms with E-state index < -0.39 is 17.5 Å². The Kier molecular flexibility index (Phi) is 6.15. The van der Waals surface area contributed by atoms with Gasteiger partial charge >= 0.3 is 6.09 Å². The number of carbonyl (C=O) groups is 1. The molecule has 0 aliphatic carbocycles. The molecule has 5 rings (SSSR count). The minimum absolute atomic E-state index is 0.186. The summed E-state index contributed by atoms with van der Waals surface area (Å²) in [6, 6.07) is 5.35. The van der Waals surface area contributed by atoms with Crippen LogP contribution in [0.3, 0.4) is 0 Å². The zero-order chi connectivity index (χ0) is 25.6. The van der Waals surface area contributed by atoms with Gasteiger partial charge in [-0.25, -0.2) is 24.1 Å². The van der Waals surface area contributed by atoms with Crippen molar-refractivity contribution in [1.82, 2.24) is 20.3 Å². The van der Waals surface area contributed by atoms with Crippen molar-refractivity contribution in [3.8, 4) is 22.2 Å². The lowest BCUT2D eigenvalue weighted by Crippen LogP contribution is -2.44. The number of fused-ring (bicyclic) bond motifs is 4. The van der Waals surface area contributed by atoms with Crippen molar-refractivity contribution < 1.29 is 23.4 Å². The number of hydrogen-bond donors (Lipinski definition) is 1. The van der Waals surface area contributed by atoms with Crippen LogP contribution in [0.4, 0.5) is 9.18 Å². The van der Waals surface area contributed by atoms with Crippen LogP contribution in [-0.2, 0) is 11.2 Å². The SMILES string of the molecule is COc1cnc2c(-c3nc4cc(F)c5c(c4s3)CC(C)(CNC(=O)OCC(C)C)O5)cc(C)cc2n1. The van der Waals surface area contributed by atoms with Crippen molar-refractivity contribution in [2.24, 2.45) is 5.92 Å². The highest BCUT2D eigenvalue weighted by Gasteiger charge is 2.39. The number of halogens is 1. The summed E-state index contributed by atoms with van der Waals surface area (Å²) >= 11 is 1.47. The Balaban J connectivity index is 1.48. The molecule has 0 saturated carbocycles. The lowest BCUT2D eigenvalue weighted by Gasteiger charge is -2.24. The minimum Gasteiger partial charge on any atom is -0.482 e. The van der Waals surface area contributed by atoms with Gasteiger partial charge in [0.15, 0.2) is 11.6 Å². The van der Waals surface area contributed by atoms with Crippen LogP contribution in [-0.4, -0.2) is 46.9 Å². The Bertz CT molecular complexity index is 1490. The van der Waals surface area contributed by atoms with Crippen LogP contribution >= 0.6 is 11.3 Å². The largest absolute Gasteiger partial charge is 0.482 e. The number of nitrogens with one attached hydrogen (secondary N) is 1. The maximum absolute atomic E-state index is 15.1. The van der Waals surface area contributed by atoms with E-state index in [0.29, 0.717) is 35.5 Å². The summed E-state index contributed by atoms with van der Waals surface area (Å²) < 4.78 is 32.4. The quantitative estimate of drug-likeness (QED) is 0.369. The Morgan fingerprint density at radius 1 is 1.28 bits per heavy atom. The molecule has 188 valence electrons. The van der Waals surface area contributed by atoms with Gasteiger partial charge in [0, 0.05) is 23.6 Å². The number of methoxy groups -OCH3 is 1. The summed E-state index contributed by atoms with van der Waals surface area (Å²) in [6.07, 6.45) is 1.48. The Labute approximate surface area is 211 Å². The molecular weight excluding hydrogens is 483 g/mol. The summed E-state index contributed by atoms with van der Waals surface area (Å²) in [6.45, 7) is 8.27. The molecule has 0 bridgehead atoms. The number of benzene rings is 2. The molecule has 2 aromatic heterocycles. The van der Waals surface area contributed by atoms with Gasteiger partial charge < -0.3 is 19.5 Å². The number of nitrogens with zero attached hydrogens (tertiary/aromatic N) is 3. The smallest absolute Gasteiger partial charge is 0.407 e. The van der Waals surface area contributed by atoms with Crippen LogP contribution in [0.1, 0.15) is 31.9 Å². The molecule has 1 aliphatic rings. The first-order valence-electron chi connectivity index (χ1n) is 11.7. The highest BCUT2D eigenvalue weighted by atomic mass is 32.1. The zero-order valence-corrected chi connectivity index (χ0v) is 21.6. The first kappa shape index (κ1) is 24.2. The summed E-state index contributed by atoms with van der Waals surface area (Å²) in [5.41, 5.74) is 3.72. The number of aryl methyl sites for hydroxylation is 1. The normalized spacial score (nSPS) is 16.9. The third kappa shape index (κ3) is 4.53. The van der Waals surface area contributed by atoms with E-state index in [1.54, 1.807) is 13.3 Å². The van der Waals surface area contributed by atoms with Gasteiger partial charge in [0.25, 0.3) is 0 Å². The second-order valence-electron chi connectivity index (χ2n) is 9.70. The van der Waals surface area contributed by atoms with Gasteiger partial charge in [0.1, 0.15) is 10.6 Å². The number of aromatic nitrogens is 3. The average molecular weight is 511 g/mol. The highest BCUT2D eigenvalue weighted by molar-refractivity contribution is 7.22. The van der Waals surface area contributed by atoms with E-state index in [2.05, 4.69) is 15.3 Å². The molecule has 4 aromatic rings. The van der Waals surface area contributed by atoms with Crippen LogP contribution in [0.2, 0.25) is 0 Å². The molecular formula is C26H27FN4O4S. The molecule has 1 aliphatic heterocycles. The molecule has 0 fully saturated rings. The number of thiazole rings is 1. The summed E-state index contributed by atoms with van der Waals surface area (Å²) in [5.74, 6) is 0.399. The Hall–Kier alpha value is -3.53. The Morgan fingerprint density at radius 3 is 2.83 bits per heavy atom. The number of amides is 1. The second kappa shape index (κ2) is 9.16. The molecule has 2 aromatic carbocycles. The summed E-state index contributed by atoms with van der Waals surface area (Å²) in [4.78, 5) is 25.9. The van der Waals surface area contributed by atoms with Crippen molar-refractivity contribution in [3.05, 3.63) is 41.3 Å². The lowest BCUT2D eigenvalue weighted by atomic mass is 9.99. The number of rotatable bonds is 6. The predicted octanol–water partition coefficient (Wildman–Crippen LogP) is 5.44.